The Morgan fingerprint density at radius 1 is 0.842 bits per heavy atom. The van der Waals surface area contributed by atoms with Gasteiger partial charge in [-0.15, -0.1) is 0 Å². The van der Waals surface area contributed by atoms with Crippen LogP contribution in [0.2, 0.25) is 0 Å². The Labute approximate surface area is 105 Å². The SMILES string of the molecule is O=C(OC(C(F)(F)F)C(F)(F)F)C(F)(Br)C(F)(F)F. The highest BCUT2D eigenvalue weighted by molar-refractivity contribution is 9.10. The molecule has 0 aromatic heterocycles. The largest absolute Gasteiger partial charge is 0.444 e. The van der Waals surface area contributed by atoms with Gasteiger partial charge in [-0.05, 0) is 15.9 Å². The minimum atomic E-state index is -6.25. The molecule has 0 aliphatic rings. The predicted molar refractivity (Wildman–Crippen MR) is 40.8 cm³/mol. The van der Waals surface area contributed by atoms with Crippen molar-refractivity contribution in [2.24, 2.45) is 0 Å². The van der Waals surface area contributed by atoms with Gasteiger partial charge >= 0.3 is 29.1 Å². The fourth-order valence-electron chi connectivity index (χ4n) is 0.616. The summed E-state index contributed by atoms with van der Waals surface area (Å²) in [6.07, 6.45) is -23.5. The summed E-state index contributed by atoms with van der Waals surface area (Å²) in [5.74, 6) is -3.42. The van der Waals surface area contributed by atoms with Crippen molar-refractivity contribution >= 4 is 21.9 Å². The van der Waals surface area contributed by atoms with E-state index in [-0.39, 0.29) is 0 Å². The molecule has 0 saturated carbocycles. The van der Waals surface area contributed by atoms with Gasteiger partial charge in [0.2, 0.25) is 0 Å². The maximum atomic E-state index is 12.7. The molecule has 0 aromatic carbocycles. The van der Waals surface area contributed by atoms with Gasteiger partial charge in [-0.3, -0.25) is 0 Å². The van der Waals surface area contributed by atoms with Crippen molar-refractivity contribution in [2.45, 2.75) is 29.2 Å². The molecule has 0 radical (unpaired) electrons. The molecule has 0 fully saturated rings. The smallest absolute Gasteiger partial charge is 0.439 e. The van der Waals surface area contributed by atoms with E-state index < -0.39 is 35.2 Å². The Balaban J connectivity index is 5.26. The highest BCUT2D eigenvalue weighted by atomic mass is 79.9. The normalized spacial score (nSPS) is 17.3. The van der Waals surface area contributed by atoms with E-state index in [4.69, 9.17) is 0 Å². The molecule has 0 amide bonds. The van der Waals surface area contributed by atoms with Crippen LogP contribution >= 0.6 is 15.9 Å². The van der Waals surface area contributed by atoms with E-state index in [9.17, 15) is 48.7 Å². The van der Waals surface area contributed by atoms with E-state index in [0.29, 0.717) is 0 Å². The molecule has 0 bridgehead atoms. The van der Waals surface area contributed by atoms with Crippen molar-refractivity contribution in [2.75, 3.05) is 0 Å². The zero-order valence-electron chi connectivity index (χ0n) is 8.05. The number of esters is 1. The van der Waals surface area contributed by atoms with Crippen molar-refractivity contribution in [1.29, 1.82) is 0 Å². The second-order valence-corrected chi connectivity index (χ2v) is 4.03. The molecule has 2 nitrogen and oxygen atoms in total. The van der Waals surface area contributed by atoms with Gasteiger partial charge in [0.1, 0.15) is 0 Å². The number of hydrogen-bond acceptors (Lipinski definition) is 2. The summed E-state index contributed by atoms with van der Waals surface area (Å²) in [4.78, 5) is 10.5. The fraction of sp³-hybridized carbons (Fsp3) is 0.833. The molecule has 0 rings (SSSR count). The lowest BCUT2D eigenvalue weighted by atomic mass is 10.3. The van der Waals surface area contributed by atoms with E-state index in [1.165, 1.54) is 0 Å². The summed E-state index contributed by atoms with van der Waals surface area (Å²) in [5, 5.41) is 0. The third-order valence-electron chi connectivity index (χ3n) is 1.43. The second kappa shape index (κ2) is 4.98. The zero-order chi connectivity index (χ0) is 15.9. The van der Waals surface area contributed by atoms with Crippen LogP contribution in [-0.2, 0) is 9.53 Å². The van der Waals surface area contributed by atoms with Crippen molar-refractivity contribution in [3.8, 4) is 0 Å². The molecule has 13 heteroatoms. The average Bonchev–Trinajstić information content (AvgIpc) is 2.07. The van der Waals surface area contributed by atoms with Crippen LogP contribution in [0.5, 0.6) is 0 Å². The maximum absolute atomic E-state index is 12.7. The first kappa shape index (κ1) is 18.2. The quantitative estimate of drug-likeness (QED) is 0.419. The zero-order valence-corrected chi connectivity index (χ0v) is 9.64. The van der Waals surface area contributed by atoms with Crippen molar-refractivity contribution in [1.82, 2.24) is 0 Å². The van der Waals surface area contributed by atoms with E-state index in [0.717, 1.165) is 15.9 Å². The van der Waals surface area contributed by atoms with Gasteiger partial charge in [0.15, 0.2) is 0 Å². The molecule has 1 atom stereocenters. The standard InChI is InChI=1S/C6HBrF10O2/c7-3(8,6(15,16)17)2(18)19-1(4(9,10)11)5(12,13)14/h1H. The topological polar surface area (TPSA) is 26.3 Å². The molecule has 0 N–H and O–H groups in total. The van der Waals surface area contributed by atoms with Gasteiger partial charge in [-0.1, -0.05) is 0 Å². The molecule has 0 saturated heterocycles. The van der Waals surface area contributed by atoms with Crippen LogP contribution in [0, 0.1) is 0 Å². The Hall–Kier alpha value is -0.750. The van der Waals surface area contributed by atoms with Gasteiger partial charge < -0.3 is 4.74 Å². The molecule has 0 aliphatic carbocycles. The molecular weight excluding hydrogens is 374 g/mol. The van der Waals surface area contributed by atoms with Gasteiger partial charge in [0.05, 0.1) is 0 Å². The summed E-state index contributed by atoms with van der Waals surface area (Å²) in [5.41, 5.74) is 0. The second-order valence-electron chi connectivity index (χ2n) is 2.94. The van der Waals surface area contributed by atoms with Gasteiger partial charge in [-0.2, -0.15) is 39.5 Å². The summed E-state index contributed by atoms with van der Waals surface area (Å²) in [6, 6.07) is 0. The lowest BCUT2D eigenvalue weighted by Crippen LogP contribution is -2.51. The summed E-state index contributed by atoms with van der Waals surface area (Å²) in [7, 11) is 0. The Morgan fingerprint density at radius 2 is 1.16 bits per heavy atom. The summed E-state index contributed by atoms with van der Waals surface area (Å²) >= 11 is 1.03. The first-order valence-corrected chi connectivity index (χ1v) is 4.59. The Bertz CT molecular complexity index is 325. The molecule has 0 heterocycles. The first-order valence-electron chi connectivity index (χ1n) is 3.80. The van der Waals surface area contributed by atoms with E-state index >= 15 is 0 Å². The molecule has 0 aromatic rings. The lowest BCUT2D eigenvalue weighted by molar-refractivity contribution is -0.318. The average molecular weight is 375 g/mol. The Morgan fingerprint density at radius 3 is 1.37 bits per heavy atom. The van der Waals surface area contributed by atoms with E-state index in [1.54, 1.807) is 0 Å². The van der Waals surface area contributed by atoms with Crippen LogP contribution in [0.25, 0.3) is 0 Å². The fourth-order valence-corrected chi connectivity index (χ4v) is 0.709. The molecule has 1 unspecified atom stereocenters. The number of halogens is 11. The van der Waals surface area contributed by atoms with E-state index in [1.807, 2.05) is 0 Å². The summed E-state index contributed by atoms with van der Waals surface area (Å²) in [6.45, 7) is 0. The number of alkyl halides is 11. The van der Waals surface area contributed by atoms with Gasteiger partial charge in [0.25, 0.3) is 6.10 Å². The molecule has 114 valence electrons. The minimum Gasteiger partial charge on any atom is -0.439 e. The van der Waals surface area contributed by atoms with E-state index in [2.05, 4.69) is 4.74 Å². The Kier molecular flexibility index (Phi) is 4.78. The lowest BCUT2D eigenvalue weighted by Gasteiger charge is -2.26. The highest BCUT2D eigenvalue weighted by Gasteiger charge is 2.66. The van der Waals surface area contributed by atoms with Crippen LogP contribution < -0.4 is 0 Å². The van der Waals surface area contributed by atoms with Crippen LogP contribution in [0.4, 0.5) is 43.9 Å². The molecule has 0 aliphatic heterocycles. The number of hydrogen-bond donors (Lipinski definition) is 0. The highest BCUT2D eigenvalue weighted by Crippen LogP contribution is 2.43. The maximum Gasteiger partial charge on any atom is 0.444 e. The summed E-state index contributed by atoms with van der Waals surface area (Å²) < 4.78 is 117. The number of carbonyl (C=O) groups is 1. The minimum absolute atomic E-state index is 1.03. The number of rotatable bonds is 2. The van der Waals surface area contributed by atoms with Crippen molar-refractivity contribution < 1.29 is 53.4 Å². The van der Waals surface area contributed by atoms with Gasteiger partial charge in [0, 0.05) is 0 Å². The molecular formula is C6HBrF10O2. The van der Waals surface area contributed by atoms with Crippen molar-refractivity contribution in [3.63, 3.8) is 0 Å². The number of ether oxygens (including phenoxy) is 1. The van der Waals surface area contributed by atoms with Crippen LogP contribution in [0.3, 0.4) is 0 Å². The molecule has 0 spiro atoms. The van der Waals surface area contributed by atoms with Crippen LogP contribution in [0.1, 0.15) is 0 Å². The first-order chi connectivity index (χ1) is 8.01. The molecule has 19 heavy (non-hydrogen) atoms. The van der Waals surface area contributed by atoms with Gasteiger partial charge in [-0.25, -0.2) is 9.18 Å². The van der Waals surface area contributed by atoms with Crippen LogP contribution in [-0.4, -0.2) is 35.2 Å². The number of carbonyl (C=O) groups excluding carboxylic acids is 1. The predicted octanol–water partition coefficient (Wildman–Crippen LogP) is 3.65. The van der Waals surface area contributed by atoms with Crippen molar-refractivity contribution in [3.05, 3.63) is 0 Å². The van der Waals surface area contributed by atoms with Crippen LogP contribution in [0.15, 0.2) is 0 Å². The monoisotopic (exact) mass is 374 g/mol. The third-order valence-corrected chi connectivity index (χ3v) is 2.21. The third kappa shape index (κ3) is 4.38.